The molecule has 0 saturated carbocycles. The van der Waals surface area contributed by atoms with Gasteiger partial charge >= 0.3 is 0 Å². The van der Waals surface area contributed by atoms with E-state index in [1.807, 2.05) is 60.9 Å². The maximum absolute atomic E-state index is 11.4. The van der Waals surface area contributed by atoms with Gasteiger partial charge in [-0.1, -0.05) is 17.9 Å². The summed E-state index contributed by atoms with van der Waals surface area (Å²) in [5.74, 6) is 7.25. The Morgan fingerprint density at radius 1 is 1.26 bits per heavy atom. The van der Waals surface area contributed by atoms with Crippen LogP contribution >= 0.6 is 11.3 Å². The number of rotatable bonds is 8. The SMILES string of the molecule is COc1ccc2ncc(N(C)C)c([C@H](O)CCC3(CO)CCN(CC#Cc4cccs4)CC3)c2c1. The van der Waals surface area contributed by atoms with Crippen molar-refractivity contribution >= 4 is 27.9 Å². The third-order valence-electron chi connectivity index (χ3n) is 7.15. The van der Waals surface area contributed by atoms with Gasteiger partial charge in [-0.3, -0.25) is 9.88 Å². The molecule has 4 rings (SSSR count). The standard InChI is InChI=1S/C28H35N3O3S/c1-30(2)25-19-29-24-9-8-21(34-3)18-23(24)27(25)26(33)10-11-28(20-32)12-15-31(16-13-28)14-4-6-22-7-5-17-35-22/h5,7-9,17-19,26,32-33H,10-16,20H2,1-3H3/t26-/m1/s1. The number of fused-ring (bicyclic) bond motifs is 1. The van der Waals surface area contributed by atoms with E-state index >= 15 is 0 Å². The van der Waals surface area contributed by atoms with Crippen molar-refractivity contribution in [3.63, 3.8) is 0 Å². The number of likely N-dealkylation sites (tertiary alicyclic amines) is 1. The Morgan fingerprint density at radius 2 is 2.06 bits per heavy atom. The predicted octanol–water partition coefficient (Wildman–Crippen LogP) is 4.31. The Labute approximate surface area is 212 Å². The van der Waals surface area contributed by atoms with Gasteiger partial charge in [-0.05, 0) is 73.8 Å². The highest BCUT2D eigenvalue weighted by atomic mass is 32.1. The van der Waals surface area contributed by atoms with Crippen LogP contribution in [-0.4, -0.2) is 67.5 Å². The second-order valence-corrected chi connectivity index (χ2v) is 10.6. The molecule has 0 amide bonds. The van der Waals surface area contributed by atoms with E-state index in [0.29, 0.717) is 6.42 Å². The maximum atomic E-state index is 11.4. The number of methoxy groups -OCH3 is 1. The summed E-state index contributed by atoms with van der Waals surface area (Å²) < 4.78 is 5.44. The average Bonchev–Trinajstić information content (AvgIpc) is 3.40. The minimum atomic E-state index is -0.664. The van der Waals surface area contributed by atoms with Crippen molar-refractivity contribution in [3.05, 3.63) is 52.3 Å². The maximum Gasteiger partial charge on any atom is 0.119 e. The van der Waals surface area contributed by atoms with Crippen LogP contribution in [0.15, 0.2) is 41.9 Å². The van der Waals surface area contributed by atoms with E-state index < -0.39 is 6.10 Å². The largest absolute Gasteiger partial charge is 0.497 e. The minimum Gasteiger partial charge on any atom is -0.497 e. The van der Waals surface area contributed by atoms with Crippen LogP contribution in [0.25, 0.3) is 10.9 Å². The lowest BCUT2D eigenvalue weighted by Gasteiger charge is -2.40. The number of pyridine rings is 1. The summed E-state index contributed by atoms with van der Waals surface area (Å²) in [6.45, 7) is 2.71. The fraction of sp³-hybridized carbons (Fsp3) is 0.464. The first-order valence-corrected chi connectivity index (χ1v) is 13.0. The molecule has 2 N–H and O–H groups in total. The number of benzene rings is 1. The van der Waals surface area contributed by atoms with Crippen molar-refractivity contribution in [1.82, 2.24) is 9.88 Å². The highest BCUT2D eigenvalue weighted by molar-refractivity contribution is 7.10. The molecular formula is C28H35N3O3S. The van der Waals surface area contributed by atoms with Gasteiger partial charge in [-0.2, -0.15) is 0 Å². The van der Waals surface area contributed by atoms with Gasteiger partial charge in [-0.15, -0.1) is 11.3 Å². The van der Waals surface area contributed by atoms with E-state index in [-0.39, 0.29) is 12.0 Å². The molecule has 3 aromatic rings. The first-order valence-electron chi connectivity index (χ1n) is 12.1. The molecule has 0 radical (unpaired) electrons. The fourth-order valence-electron chi connectivity index (χ4n) is 4.86. The van der Waals surface area contributed by atoms with E-state index in [4.69, 9.17) is 4.74 Å². The summed E-state index contributed by atoms with van der Waals surface area (Å²) in [6.07, 6.45) is 4.31. The average molecular weight is 494 g/mol. The van der Waals surface area contributed by atoms with E-state index in [9.17, 15) is 10.2 Å². The van der Waals surface area contributed by atoms with Crippen molar-refractivity contribution in [3.8, 4) is 17.6 Å². The van der Waals surface area contributed by atoms with Crippen molar-refractivity contribution in [1.29, 1.82) is 0 Å². The van der Waals surface area contributed by atoms with Gasteiger partial charge in [0.1, 0.15) is 5.75 Å². The molecule has 0 aliphatic carbocycles. The number of hydrogen-bond acceptors (Lipinski definition) is 7. The molecule has 6 nitrogen and oxygen atoms in total. The lowest BCUT2D eigenvalue weighted by atomic mass is 9.74. The number of nitrogens with zero attached hydrogens (tertiary/aromatic N) is 3. The molecule has 2 aromatic heterocycles. The van der Waals surface area contributed by atoms with Gasteiger partial charge in [0.25, 0.3) is 0 Å². The van der Waals surface area contributed by atoms with Gasteiger partial charge in [0.05, 0.1) is 42.0 Å². The molecule has 1 atom stereocenters. The van der Waals surface area contributed by atoms with E-state index in [1.165, 1.54) is 0 Å². The van der Waals surface area contributed by atoms with Crippen molar-refractivity contribution in [2.24, 2.45) is 5.41 Å². The van der Waals surface area contributed by atoms with E-state index in [0.717, 1.165) is 71.7 Å². The zero-order valence-electron chi connectivity index (χ0n) is 20.8. The third kappa shape index (κ3) is 5.96. The van der Waals surface area contributed by atoms with Crippen LogP contribution in [-0.2, 0) is 0 Å². The van der Waals surface area contributed by atoms with Crippen LogP contribution in [0.4, 0.5) is 5.69 Å². The Morgan fingerprint density at radius 3 is 2.71 bits per heavy atom. The van der Waals surface area contributed by atoms with Crippen LogP contribution < -0.4 is 9.64 Å². The summed E-state index contributed by atoms with van der Waals surface area (Å²) in [5, 5.41) is 24.7. The lowest BCUT2D eigenvalue weighted by Crippen LogP contribution is -2.42. The number of aliphatic hydroxyl groups is 2. The van der Waals surface area contributed by atoms with Crippen LogP contribution in [0.3, 0.4) is 0 Å². The zero-order valence-corrected chi connectivity index (χ0v) is 21.6. The Kier molecular flexibility index (Phi) is 8.30. The normalized spacial score (nSPS) is 16.5. The second kappa shape index (κ2) is 11.4. The van der Waals surface area contributed by atoms with Gasteiger partial charge < -0.3 is 19.8 Å². The summed E-state index contributed by atoms with van der Waals surface area (Å²) >= 11 is 1.66. The molecule has 0 unspecified atom stereocenters. The summed E-state index contributed by atoms with van der Waals surface area (Å²) in [7, 11) is 5.57. The summed E-state index contributed by atoms with van der Waals surface area (Å²) in [6, 6.07) is 9.83. The second-order valence-electron chi connectivity index (χ2n) is 9.60. The molecule has 35 heavy (non-hydrogen) atoms. The van der Waals surface area contributed by atoms with Crippen molar-refractivity contribution in [2.45, 2.75) is 31.8 Å². The first-order chi connectivity index (χ1) is 16.9. The number of aliphatic hydroxyl groups excluding tert-OH is 2. The molecule has 1 aliphatic rings. The molecule has 7 heteroatoms. The Bertz CT molecular complexity index is 1180. The van der Waals surface area contributed by atoms with Crippen LogP contribution in [0.5, 0.6) is 5.75 Å². The topological polar surface area (TPSA) is 69.1 Å². The Hall–Kier alpha value is -2.63. The number of thiophene rings is 1. The highest BCUT2D eigenvalue weighted by Crippen LogP contribution is 2.41. The number of anilines is 1. The monoisotopic (exact) mass is 493 g/mol. The number of hydrogen-bond donors (Lipinski definition) is 2. The molecule has 1 aromatic carbocycles. The van der Waals surface area contributed by atoms with E-state index in [2.05, 4.69) is 21.7 Å². The van der Waals surface area contributed by atoms with Gasteiger partial charge in [-0.25, -0.2) is 0 Å². The van der Waals surface area contributed by atoms with Crippen LogP contribution in [0, 0.1) is 17.3 Å². The molecular weight excluding hydrogens is 458 g/mol. The minimum absolute atomic E-state index is 0.139. The highest BCUT2D eigenvalue weighted by Gasteiger charge is 2.34. The summed E-state index contributed by atoms with van der Waals surface area (Å²) in [4.78, 5) is 10.0. The molecule has 0 spiro atoms. The quantitative estimate of drug-likeness (QED) is 0.456. The van der Waals surface area contributed by atoms with Gasteiger partial charge in [0.15, 0.2) is 0 Å². The third-order valence-corrected chi connectivity index (χ3v) is 7.93. The van der Waals surface area contributed by atoms with Crippen LogP contribution in [0.1, 0.15) is 42.2 Å². The number of aromatic nitrogens is 1. The smallest absolute Gasteiger partial charge is 0.119 e. The molecule has 186 valence electrons. The fourth-order valence-corrected chi connectivity index (χ4v) is 5.46. The van der Waals surface area contributed by atoms with Crippen molar-refractivity contribution in [2.75, 3.05) is 52.3 Å². The molecule has 1 saturated heterocycles. The van der Waals surface area contributed by atoms with E-state index in [1.54, 1.807) is 18.4 Å². The lowest BCUT2D eigenvalue weighted by molar-refractivity contribution is 0.0274. The Balaban J connectivity index is 1.44. The first kappa shape index (κ1) is 25.5. The predicted molar refractivity (Wildman–Crippen MR) is 143 cm³/mol. The molecule has 0 bridgehead atoms. The van der Waals surface area contributed by atoms with Gasteiger partial charge in [0.2, 0.25) is 0 Å². The molecule has 1 aliphatic heterocycles. The number of piperidine rings is 1. The summed E-state index contributed by atoms with van der Waals surface area (Å²) in [5.41, 5.74) is 2.43. The molecule has 3 heterocycles. The van der Waals surface area contributed by atoms with Crippen LogP contribution in [0.2, 0.25) is 0 Å². The van der Waals surface area contributed by atoms with Crippen molar-refractivity contribution < 1.29 is 14.9 Å². The number of ether oxygens (including phenoxy) is 1. The zero-order chi connectivity index (χ0) is 24.8. The van der Waals surface area contributed by atoms with Gasteiger partial charge in [0, 0.05) is 31.7 Å². The molecule has 1 fully saturated rings.